The smallest absolute Gasteiger partial charge is 0.337 e. The maximum Gasteiger partial charge on any atom is 0.337 e. The van der Waals surface area contributed by atoms with Gasteiger partial charge in [-0.25, -0.2) is 9.59 Å². The molecule has 1 aliphatic heterocycles. The number of rotatable bonds is 10. The van der Waals surface area contributed by atoms with Crippen molar-refractivity contribution in [1.82, 2.24) is 10.6 Å². The van der Waals surface area contributed by atoms with Crippen LogP contribution in [0.15, 0.2) is 23.4 Å². The summed E-state index contributed by atoms with van der Waals surface area (Å²) in [6.45, 7) is 4.13. The van der Waals surface area contributed by atoms with Gasteiger partial charge in [-0.15, -0.1) is 0 Å². The average Bonchev–Trinajstić information content (AvgIpc) is 2.74. The number of nitro benzene ring substituents is 1. The van der Waals surface area contributed by atoms with Crippen LogP contribution in [0.2, 0.25) is 0 Å². The highest BCUT2D eigenvalue weighted by atomic mass is 16.6. The van der Waals surface area contributed by atoms with Crippen LogP contribution in [0.1, 0.15) is 51.1 Å². The quantitative estimate of drug-likeness (QED) is 0.256. The Morgan fingerprint density at radius 3 is 2.53 bits per heavy atom. The molecule has 0 saturated carbocycles. The van der Waals surface area contributed by atoms with E-state index in [1.807, 2.05) is 6.92 Å². The number of carbonyl (C=O) groups excluding carboxylic acids is 2. The van der Waals surface area contributed by atoms with Gasteiger partial charge in [0.05, 0.1) is 37.4 Å². The molecule has 30 heavy (non-hydrogen) atoms. The molecule has 0 saturated heterocycles. The average molecular weight is 421 g/mol. The second-order valence-corrected chi connectivity index (χ2v) is 6.65. The van der Waals surface area contributed by atoms with Crippen molar-refractivity contribution in [1.29, 1.82) is 0 Å². The first-order valence-electron chi connectivity index (χ1n) is 9.75. The number of allylic oxidation sites excluding steroid dienone is 1. The highest BCUT2D eigenvalue weighted by Crippen LogP contribution is 2.42. The molecule has 164 valence electrons. The van der Waals surface area contributed by atoms with Crippen molar-refractivity contribution in [3.05, 3.63) is 39.1 Å². The van der Waals surface area contributed by atoms with Crippen molar-refractivity contribution in [2.75, 3.05) is 20.8 Å². The molecule has 0 aromatic heterocycles. The third kappa shape index (κ3) is 5.00. The summed E-state index contributed by atoms with van der Waals surface area (Å²) in [5.74, 6) is -0.487. The number of unbranched alkanes of at least 4 members (excludes halogenated alkanes) is 2. The molecule has 1 aromatic carbocycles. The van der Waals surface area contributed by atoms with Gasteiger partial charge in [0, 0.05) is 11.8 Å². The maximum atomic E-state index is 12.4. The van der Waals surface area contributed by atoms with E-state index in [1.165, 1.54) is 26.4 Å². The first-order chi connectivity index (χ1) is 14.4. The molecule has 2 amide bonds. The third-order valence-corrected chi connectivity index (χ3v) is 4.71. The Morgan fingerprint density at radius 2 is 1.97 bits per heavy atom. The zero-order valence-electron chi connectivity index (χ0n) is 17.6. The first-order valence-corrected chi connectivity index (χ1v) is 9.75. The summed E-state index contributed by atoms with van der Waals surface area (Å²) in [5, 5.41) is 17.0. The monoisotopic (exact) mass is 421 g/mol. The van der Waals surface area contributed by atoms with Crippen molar-refractivity contribution < 1.29 is 28.7 Å². The molecule has 0 fully saturated rings. The van der Waals surface area contributed by atoms with Gasteiger partial charge in [0.1, 0.15) is 0 Å². The second-order valence-electron chi connectivity index (χ2n) is 6.65. The molecule has 1 aliphatic rings. The predicted molar refractivity (Wildman–Crippen MR) is 108 cm³/mol. The number of carbonyl (C=O) groups is 2. The largest absolute Gasteiger partial charge is 0.493 e. The van der Waals surface area contributed by atoms with E-state index in [0.29, 0.717) is 24.3 Å². The number of nitrogens with zero attached hydrogens (tertiary/aromatic N) is 1. The molecule has 0 bridgehead atoms. The van der Waals surface area contributed by atoms with Crippen molar-refractivity contribution >= 4 is 17.7 Å². The summed E-state index contributed by atoms with van der Waals surface area (Å²) in [7, 11) is 2.60. The Balaban J connectivity index is 2.57. The van der Waals surface area contributed by atoms with Crippen LogP contribution in [0.25, 0.3) is 0 Å². The number of benzene rings is 1. The van der Waals surface area contributed by atoms with Crippen molar-refractivity contribution in [3.63, 3.8) is 0 Å². The molecule has 2 rings (SSSR count). The van der Waals surface area contributed by atoms with Crippen molar-refractivity contribution in [2.24, 2.45) is 0 Å². The molecule has 0 spiro atoms. The molecule has 1 unspecified atom stereocenters. The number of hydrogen-bond donors (Lipinski definition) is 2. The molecule has 1 heterocycles. The summed E-state index contributed by atoms with van der Waals surface area (Å²) in [6.07, 6.45) is 3.03. The highest BCUT2D eigenvalue weighted by Gasteiger charge is 2.35. The fourth-order valence-electron chi connectivity index (χ4n) is 3.23. The van der Waals surface area contributed by atoms with Gasteiger partial charge in [0.15, 0.2) is 5.75 Å². The molecule has 0 radical (unpaired) electrons. The molecule has 0 aliphatic carbocycles. The SMILES string of the molecule is CCCCCOc1c(OC)cc(C2NC(=O)NC(CC)=C2C(=O)OC)cc1[N+](=O)[O-]. The van der Waals surface area contributed by atoms with Gasteiger partial charge in [0.2, 0.25) is 5.75 Å². The molecular formula is C20H27N3O7. The Labute approximate surface area is 174 Å². The first kappa shape index (κ1) is 23.0. The fourth-order valence-corrected chi connectivity index (χ4v) is 3.23. The zero-order chi connectivity index (χ0) is 22.3. The molecular weight excluding hydrogens is 394 g/mol. The van der Waals surface area contributed by atoms with Crippen LogP contribution >= 0.6 is 0 Å². The number of amides is 2. The van der Waals surface area contributed by atoms with Gasteiger partial charge in [-0.2, -0.15) is 0 Å². The molecule has 2 N–H and O–H groups in total. The van der Waals surface area contributed by atoms with Gasteiger partial charge in [0.25, 0.3) is 0 Å². The molecule has 10 nitrogen and oxygen atoms in total. The second kappa shape index (κ2) is 10.5. The van der Waals surface area contributed by atoms with Gasteiger partial charge in [-0.05, 0) is 24.5 Å². The summed E-state index contributed by atoms with van der Waals surface area (Å²) in [5.41, 5.74) is 0.557. The summed E-state index contributed by atoms with van der Waals surface area (Å²) in [6, 6.07) is 1.34. The Morgan fingerprint density at radius 1 is 1.23 bits per heavy atom. The lowest BCUT2D eigenvalue weighted by molar-refractivity contribution is -0.386. The normalized spacial score (nSPS) is 15.9. The minimum atomic E-state index is -0.942. The Bertz CT molecular complexity index is 851. The maximum absolute atomic E-state index is 12.4. The lowest BCUT2D eigenvalue weighted by Crippen LogP contribution is -2.45. The minimum absolute atomic E-state index is 0.0157. The fraction of sp³-hybridized carbons (Fsp3) is 0.500. The lowest BCUT2D eigenvalue weighted by Gasteiger charge is -2.29. The van der Waals surface area contributed by atoms with Crippen molar-refractivity contribution in [3.8, 4) is 11.5 Å². The van der Waals surface area contributed by atoms with Gasteiger partial charge < -0.3 is 24.8 Å². The summed E-state index contributed by atoms with van der Waals surface area (Å²) >= 11 is 0. The standard InChI is InChI=1S/C20H27N3O7/c1-5-7-8-9-30-18-14(23(26)27)10-12(11-15(18)28-3)17-16(19(24)29-4)13(6-2)21-20(25)22-17/h10-11,17H,5-9H2,1-4H3,(H2,21,22,25). The van der Waals surface area contributed by atoms with Gasteiger partial charge in [-0.3, -0.25) is 10.1 Å². The van der Waals surface area contributed by atoms with Crippen LogP contribution in [0.3, 0.4) is 0 Å². The molecule has 1 aromatic rings. The van der Waals surface area contributed by atoms with E-state index in [0.717, 1.165) is 19.3 Å². The van der Waals surface area contributed by atoms with E-state index in [-0.39, 0.29) is 22.8 Å². The number of methoxy groups -OCH3 is 2. The van der Waals surface area contributed by atoms with Crippen LogP contribution < -0.4 is 20.1 Å². The number of ether oxygens (including phenoxy) is 3. The van der Waals surface area contributed by atoms with E-state index in [1.54, 1.807) is 6.92 Å². The highest BCUT2D eigenvalue weighted by molar-refractivity contribution is 5.95. The van der Waals surface area contributed by atoms with Gasteiger partial charge in [-0.1, -0.05) is 26.7 Å². The number of nitro groups is 1. The molecule has 1 atom stereocenters. The van der Waals surface area contributed by atoms with Crippen LogP contribution in [-0.4, -0.2) is 37.8 Å². The lowest BCUT2D eigenvalue weighted by atomic mass is 9.93. The predicted octanol–water partition coefficient (Wildman–Crippen LogP) is 3.36. The number of esters is 1. The Kier molecular flexibility index (Phi) is 8.02. The van der Waals surface area contributed by atoms with Crippen LogP contribution in [-0.2, 0) is 9.53 Å². The van der Waals surface area contributed by atoms with Crippen LogP contribution in [0.4, 0.5) is 10.5 Å². The van der Waals surface area contributed by atoms with Gasteiger partial charge >= 0.3 is 17.7 Å². The molecule has 10 heteroatoms. The topological polar surface area (TPSA) is 129 Å². The number of urea groups is 1. The zero-order valence-corrected chi connectivity index (χ0v) is 17.6. The summed E-state index contributed by atoms with van der Waals surface area (Å²) in [4.78, 5) is 35.7. The third-order valence-electron chi connectivity index (χ3n) is 4.71. The van der Waals surface area contributed by atoms with E-state index < -0.39 is 23.0 Å². The van der Waals surface area contributed by atoms with E-state index in [4.69, 9.17) is 14.2 Å². The van der Waals surface area contributed by atoms with Crippen LogP contribution in [0, 0.1) is 10.1 Å². The Hall–Kier alpha value is -3.30. The number of nitrogens with one attached hydrogen (secondary N) is 2. The number of hydrogen-bond acceptors (Lipinski definition) is 7. The minimum Gasteiger partial charge on any atom is -0.493 e. The summed E-state index contributed by atoms with van der Waals surface area (Å²) < 4.78 is 15.9. The van der Waals surface area contributed by atoms with E-state index in [9.17, 15) is 19.7 Å². The van der Waals surface area contributed by atoms with E-state index in [2.05, 4.69) is 10.6 Å². The van der Waals surface area contributed by atoms with Crippen molar-refractivity contribution in [2.45, 2.75) is 45.6 Å². The van der Waals surface area contributed by atoms with Crippen LogP contribution in [0.5, 0.6) is 11.5 Å². The van der Waals surface area contributed by atoms with E-state index >= 15 is 0 Å².